The Balaban J connectivity index is 2.33. The van der Waals surface area contributed by atoms with Gasteiger partial charge in [-0.1, -0.05) is 23.8 Å². The van der Waals surface area contributed by atoms with Crippen molar-refractivity contribution in [2.45, 2.75) is 25.7 Å². The van der Waals surface area contributed by atoms with Crippen molar-refractivity contribution in [2.24, 2.45) is 16.8 Å². The number of hydrogen-bond acceptors (Lipinski definition) is 3. The van der Waals surface area contributed by atoms with Crippen LogP contribution in [0.3, 0.4) is 0 Å². The highest BCUT2D eigenvalue weighted by Crippen LogP contribution is 2.14. The molecule has 0 atom stereocenters. The van der Waals surface area contributed by atoms with E-state index in [-0.39, 0.29) is 0 Å². The number of rotatable bonds is 3. The fourth-order valence-corrected chi connectivity index (χ4v) is 1.29. The summed E-state index contributed by atoms with van der Waals surface area (Å²) in [5, 5.41) is 3.52. The highest BCUT2D eigenvalue weighted by atomic mass is 15.3. The molecule has 5 N–H and O–H groups in total. The minimum absolute atomic E-state index is 0.639. The lowest BCUT2D eigenvalue weighted by Crippen LogP contribution is -2.31. The number of allylic oxidation sites excluding steroid dienone is 4. The molecule has 0 spiro atoms. The highest BCUT2D eigenvalue weighted by molar-refractivity contribution is 5.81. The first-order chi connectivity index (χ1) is 6.36. The average Bonchev–Trinajstić information content (AvgIpc) is 2.21. The molecule has 0 aromatic rings. The van der Waals surface area contributed by atoms with Gasteiger partial charge in [-0.2, -0.15) is 5.10 Å². The average molecular weight is 180 g/mol. The van der Waals surface area contributed by atoms with Crippen LogP contribution in [0, 0.1) is 0 Å². The topological polar surface area (TPSA) is 76.4 Å². The van der Waals surface area contributed by atoms with E-state index in [0.29, 0.717) is 5.84 Å². The lowest BCUT2D eigenvalue weighted by atomic mass is 10.0. The molecule has 0 amide bonds. The summed E-state index contributed by atoms with van der Waals surface area (Å²) in [4.78, 5) is 0. The summed E-state index contributed by atoms with van der Waals surface area (Å²) >= 11 is 0. The Morgan fingerprint density at radius 3 is 2.92 bits per heavy atom. The second kappa shape index (κ2) is 5.37. The van der Waals surface area contributed by atoms with Crippen LogP contribution in [0.5, 0.6) is 0 Å². The smallest absolute Gasteiger partial charge is 0.136 e. The van der Waals surface area contributed by atoms with Crippen LogP contribution in [-0.4, -0.2) is 5.84 Å². The molecule has 0 saturated heterocycles. The van der Waals surface area contributed by atoms with Crippen LogP contribution in [0.1, 0.15) is 25.7 Å². The van der Waals surface area contributed by atoms with E-state index < -0.39 is 0 Å². The second-order valence-corrected chi connectivity index (χ2v) is 2.98. The Morgan fingerprint density at radius 2 is 2.38 bits per heavy atom. The van der Waals surface area contributed by atoms with E-state index in [1.165, 1.54) is 5.57 Å². The molecule has 13 heavy (non-hydrogen) atoms. The predicted octanol–water partition coefficient (Wildman–Crippen LogP) is 0.779. The van der Waals surface area contributed by atoms with Crippen LogP contribution >= 0.6 is 0 Å². The number of hydrogen-bond donors (Lipinski definition) is 3. The molecule has 0 aromatic carbocycles. The van der Waals surface area contributed by atoms with Gasteiger partial charge >= 0.3 is 0 Å². The van der Waals surface area contributed by atoms with Crippen molar-refractivity contribution in [1.82, 2.24) is 5.43 Å². The minimum atomic E-state index is 0.639. The van der Waals surface area contributed by atoms with Crippen LogP contribution < -0.4 is 17.1 Å². The summed E-state index contributed by atoms with van der Waals surface area (Å²) in [6, 6.07) is 0. The zero-order valence-electron chi connectivity index (χ0n) is 7.66. The molecule has 0 fully saturated rings. The summed E-state index contributed by atoms with van der Waals surface area (Å²) in [7, 11) is 0. The molecule has 0 heterocycles. The van der Waals surface area contributed by atoms with E-state index in [9.17, 15) is 0 Å². The molecule has 72 valence electrons. The quantitative estimate of drug-likeness (QED) is 0.260. The molecule has 0 saturated carbocycles. The monoisotopic (exact) mass is 180 g/mol. The third kappa shape index (κ3) is 3.29. The Hall–Kier alpha value is -1.29. The van der Waals surface area contributed by atoms with Crippen molar-refractivity contribution in [3.05, 3.63) is 23.8 Å². The van der Waals surface area contributed by atoms with Gasteiger partial charge in [0.2, 0.25) is 0 Å². The van der Waals surface area contributed by atoms with Crippen molar-refractivity contribution in [3.63, 3.8) is 0 Å². The maximum Gasteiger partial charge on any atom is 0.136 e. The highest BCUT2D eigenvalue weighted by Gasteiger charge is 2.00. The third-order valence-corrected chi connectivity index (χ3v) is 2.04. The summed E-state index contributed by atoms with van der Waals surface area (Å²) < 4.78 is 0. The van der Waals surface area contributed by atoms with E-state index in [1.807, 2.05) is 0 Å². The maximum absolute atomic E-state index is 5.20. The van der Waals surface area contributed by atoms with Gasteiger partial charge in [0.25, 0.3) is 0 Å². The number of hydrazine groups is 1. The molecule has 0 radical (unpaired) electrons. The standard InChI is InChI=1S/C9H16N4/c10-12-9(13-11)7-6-8-4-2-1-3-5-8/h2,4-5H,1,3,6-7,10-11H2,(H,12,13). The van der Waals surface area contributed by atoms with E-state index in [1.54, 1.807) is 0 Å². The third-order valence-electron chi connectivity index (χ3n) is 2.04. The van der Waals surface area contributed by atoms with Gasteiger partial charge in [0.15, 0.2) is 0 Å². The summed E-state index contributed by atoms with van der Waals surface area (Å²) in [6.07, 6.45) is 10.6. The summed E-state index contributed by atoms with van der Waals surface area (Å²) in [5.41, 5.74) is 3.80. The van der Waals surface area contributed by atoms with E-state index in [4.69, 9.17) is 11.7 Å². The number of nitrogens with one attached hydrogen (secondary N) is 1. The van der Waals surface area contributed by atoms with Gasteiger partial charge in [-0.3, -0.25) is 0 Å². The Labute approximate surface area is 78.3 Å². The normalized spacial score (nSPS) is 17.0. The van der Waals surface area contributed by atoms with Crippen LogP contribution in [0.2, 0.25) is 0 Å². The van der Waals surface area contributed by atoms with Crippen molar-refractivity contribution in [3.8, 4) is 0 Å². The molecule has 1 aliphatic rings. The van der Waals surface area contributed by atoms with Gasteiger partial charge in [-0.15, -0.1) is 0 Å². The fraction of sp³-hybridized carbons (Fsp3) is 0.444. The minimum Gasteiger partial charge on any atom is -0.322 e. The second-order valence-electron chi connectivity index (χ2n) is 2.98. The van der Waals surface area contributed by atoms with Crippen LogP contribution in [0.25, 0.3) is 0 Å². The molecule has 1 rings (SSSR count). The van der Waals surface area contributed by atoms with Crippen LogP contribution in [0.15, 0.2) is 28.9 Å². The van der Waals surface area contributed by atoms with Gasteiger partial charge in [-0.05, 0) is 19.3 Å². The SMILES string of the molecule is N/N=C(/CCC1=CCCC=C1)NN. The first kappa shape index (κ1) is 9.80. The number of hydrazone groups is 1. The van der Waals surface area contributed by atoms with Crippen molar-refractivity contribution >= 4 is 5.84 Å². The van der Waals surface area contributed by atoms with Gasteiger partial charge in [0.05, 0.1) is 0 Å². The molecule has 4 heteroatoms. The lowest BCUT2D eigenvalue weighted by molar-refractivity contribution is 0.898. The van der Waals surface area contributed by atoms with Gasteiger partial charge in [-0.25, -0.2) is 5.84 Å². The zero-order valence-corrected chi connectivity index (χ0v) is 7.66. The molecule has 4 nitrogen and oxygen atoms in total. The number of nitrogens with two attached hydrogens (primary N) is 2. The molecular weight excluding hydrogens is 164 g/mol. The van der Waals surface area contributed by atoms with Crippen molar-refractivity contribution < 1.29 is 0 Å². The molecule has 0 aliphatic heterocycles. The summed E-state index contributed by atoms with van der Waals surface area (Å²) in [6.45, 7) is 0. The van der Waals surface area contributed by atoms with E-state index in [0.717, 1.165) is 25.7 Å². The molecular formula is C9H16N4. The Morgan fingerprint density at radius 1 is 1.54 bits per heavy atom. The van der Waals surface area contributed by atoms with E-state index >= 15 is 0 Å². The summed E-state index contributed by atoms with van der Waals surface area (Å²) in [5.74, 6) is 10.9. The maximum atomic E-state index is 5.20. The van der Waals surface area contributed by atoms with Crippen molar-refractivity contribution in [1.29, 1.82) is 0 Å². The van der Waals surface area contributed by atoms with Gasteiger partial charge in [0.1, 0.15) is 5.84 Å². The molecule has 1 aliphatic carbocycles. The Kier molecular flexibility index (Phi) is 4.05. The molecule has 0 unspecified atom stereocenters. The molecule has 0 aromatic heterocycles. The first-order valence-electron chi connectivity index (χ1n) is 4.45. The van der Waals surface area contributed by atoms with E-state index in [2.05, 4.69) is 28.8 Å². The van der Waals surface area contributed by atoms with Crippen molar-refractivity contribution in [2.75, 3.05) is 0 Å². The van der Waals surface area contributed by atoms with Crippen LogP contribution in [-0.2, 0) is 0 Å². The zero-order chi connectivity index (χ0) is 9.52. The fourth-order valence-electron chi connectivity index (χ4n) is 1.29. The lowest BCUT2D eigenvalue weighted by Gasteiger charge is -2.07. The predicted molar refractivity (Wildman–Crippen MR) is 54.6 cm³/mol. The first-order valence-corrected chi connectivity index (χ1v) is 4.45. The largest absolute Gasteiger partial charge is 0.322 e. The molecule has 0 bridgehead atoms. The number of amidine groups is 1. The van der Waals surface area contributed by atoms with Gasteiger partial charge in [0, 0.05) is 6.42 Å². The Bertz CT molecular complexity index is 240. The van der Waals surface area contributed by atoms with Gasteiger partial charge < -0.3 is 11.3 Å². The number of nitrogens with zero attached hydrogens (tertiary/aromatic N) is 1. The van der Waals surface area contributed by atoms with Crippen LogP contribution in [0.4, 0.5) is 0 Å².